The highest BCUT2D eigenvalue weighted by Gasteiger charge is 2.66. The fourth-order valence-electron chi connectivity index (χ4n) is 16.5. The molecule has 4 aliphatic carbocycles. The predicted molar refractivity (Wildman–Crippen MR) is 388 cm³/mol. The Bertz CT molecular complexity index is 4170. The number of carbonyl (C=O) groups is 8. The molecule has 0 saturated heterocycles. The highest BCUT2D eigenvalue weighted by molar-refractivity contribution is 7.85. The number of nitrogens with zero attached hydrogens (tertiary/aromatic N) is 6. The van der Waals surface area contributed by atoms with E-state index < -0.39 is 69.4 Å². The molecular weight excluding hydrogens is 1360 g/mol. The number of aromatic nitrogens is 4. The fraction of sp³-hybridized carbons (Fsp3) is 0.521. The zero-order chi connectivity index (χ0) is 73.9. The number of carboxylic acids is 2. The average molecular weight is 1460 g/mol. The summed E-state index contributed by atoms with van der Waals surface area (Å²) in [6, 6.07) is 20.5. The lowest BCUT2D eigenvalue weighted by molar-refractivity contribution is -0.248. The molecule has 11 rings (SSSR count). The smallest absolute Gasteiger partial charge is 0.410 e. The molecular formula is C73H95N13O15S2. The van der Waals surface area contributed by atoms with Crippen LogP contribution in [0, 0.1) is 29.1 Å². The van der Waals surface area contributed by atoms with Crippen LogP contribution in [-0.2, 0) is 64.9 Å². The second-order valence-corrected chi connectivity index (χ2v) is 31.9. The van der Waals surface area contributed by atoms with E-state index in [0.717, 1.165) is 72.0 Å². The maximum atomic E-state index is 13.9. The van der Waals surface area contributed by atoms with E-state index in [1.54, 1.807) is 56.4 Å². The van der Waals surface area contributed by atoms with Gasteiger partial charge < -0.3 is 61.8 Å². The van der Waals surface area contributed by atoms with E-state index in [4.69, 9.17) is 30.4 Å². The lowest BCUT2D eigenvalue weighted by Crippen LogP contribution is -2.64. The molecule has 4 atom stereocenters. The third kappa shape index (κ3) is 20.2. The number of nitrogens with one attached hydrogen (secondary N) is 6. The molecule has 3 aromatic heterocycles. The number of carbonyl (C=O) groups excluding carboxylic acids is 6. The Labute approximate surface area is 603 Å². The van der Waals surface area contributed by atoms with Crippen LogP contribution in [0.25, 0.3) is 21.3 Å². The molecule has 554 valence electrons. The summed E-state index contributed by atoms with van der Waals surface area (Å²) < 4.78 is 49.7. The topological polar surface area (TPSA) is 398 Å². The van der Waals surface area contributed by atoms with Gasteiger partial charge in [-0.3, -0.25) is 38.5 Å². The lowest BCUT2D eigenvalue weighted by atomic mass is 9.39. The highest BCUT2D eigenvalue weighted by Crippen LogP contribution is 2.72. The number of primary amides is 1. The van der Waals surface area contributed by atoms with Crippen molar-refractivity contribution in [1.29, 1.82) is 0 Å². The molecule has 1 aliphatic heterocycles. The van der Waals surface area contributed by atoms with Gasteiger partial charge in [0.25, 0.3) is 16.0 Å². The first-order valence-corrected chi connectivity index (χ1v) is 37.7. The number of fused-ring (bicyclic) bond motifs is 2. The van der Waals surface area contributed by atoms with Crippen LogP contribution in [0.2, 0.25) is 0 Å². The van der Waals surface area contributed by atoms with Crippen LogP contribution >= 0.6 is 11.3 Å². The number of carboxylic acid groups (broad SMARTS) is 2. The Kier molecular flexibility index (Phi) is 24.6. The van der Waals surface area contributed by atoms with E-state index in [9.17, 15) is 56.4 Å². The van der Waals surface area contributed by atoms with Crippen LogP contribution < -0.4 is 42.5 Å². The Balaban J connectivity index is 0.743. The van der Waals surface area contributed by atoms with Crippen molar-refractivity contribution in [3.63, 3.8) is 0 Å². The van der Waals surface area contributed by atoms with Gasteiger partial charge in [-0.2, -0.15) is 13.5 Å². The number of hydrogen-bond acceptors (Lipinski definition) is 18. The molecule has 4 fully saturated rings. The minimum absolute atomic E-state index is 0.0323. The van der Waals surface area contributed by atoms with Crippen LogP contribution in [0.3, 0.4) is 0 Å². The number of para-hydroxylation sites is 1. The van der Waals surface area contributed by atoms with Gasteiger partial charge in [-0.25, -0.2) is 24.4 Å². The fourth-order valence-corrected chi connectivity index (χ4v) is 17.8. The van der Waals surface area contributed by atoms with Gasteiger partial charge in [-0.1, -0.05) is 81.9 Å². The molecule has 3 aromatic carbocycles. The maximum absolute atomic E-state index is 13.9. The molecule has 4 heterocycles. The molecule has 0 radical (unpaired) electrons. The number of aliphatic carboxylic acids is 1. The molecule has 7 amide bonds. The van der Waals surface area contributed by atoms with Crippen molar-refractivity contribution in [3.05, 3.63) is 119 Å². The Morgan fingerprint density at radius 1 is 0.777 bits per heavy atom. The second kappa shape index (κ2) is 33.1. The summed E-state index contributed by atoms with van der Waals surface area (Å²) in [5, 5.41) is 42.0. The number of benzene rings is 3. The number of rotatable bonds is 36. The third-order valence-corrected chi connectivity index (χ3v) is 21.7. The highest BCUT2D eigenvalue weighted by atomic mass is 32.2. The number of ether oxygens (including phenoxy) is 2. The summed E-state index contributed by atoms with van der Waals surface area (Å²) >= 11 is 1.40. The van der Waals surface area contributed by atoms with Crippen molar-refractivity contribution < 1.29 is 71.0 Å². The van der Waals surface area contributed by atoms with E-state index in [2.05, 4.69) is 50.7 Å². The van der Waals surface area contributed by atoms with Crippen LogP contribution in [0.4, 0.5) is 26.2 Å². The second-order valence-electron chi connectivity index (χ2n) is 29.3. The lowest BCUT2D eigenvalue weighted by Gasteiger charge is -2.69. The predicted octanol–water partition coefficient (Wildman–Crippen LogP) is 9.07. The number of amides is 7. The standard InChI is InChI=1S/C73H95N13O15S2/c1-46(2)61(82-59(87)19-7-6-10-28-75-29-13-20-60(88)89)65(92)79-56(17-12-30-76-67(74)95)64(91)78-50-23-21-48(22-24-50)38-100-69(96)84(33-35-103(97,98)99)32-34-101-73-42-70(4)39-71(5,43-73)41-72(40-70,44-73)45-86-47(3)53(36-77-86)51-25-26-58(81-62(51)66(93)94)85-31-27-49-14-11-15-52(54(49)37-85)63(90)83-68-80-55-16-8-9-18-57(55)102-68/h8-9,11,14-16,18,21-26,36,46,56,61,75H,6-7,10,12-13,17,19-20,27-35,37-45H2,1-5H3,(H,78,91)(H,79,92)(H,82,87)(H,88,89)(H,93,94)(H3,74,76,95)(H,80,83,90)(H,97,98,99)/t56-,61-,70?,71?,72?,73?/m0/s1. The van der Waals surface area contributed by atoms with Crippen LogP contribution in [0.1, 0.15) is 161 Å². The summed E-state index contributed by atoms with van der Waals surface area (Å²) in [6.07, 6.45) is 9.70. The van der Waals surface area contributed by atoms with Gasteiger partial charge >= 0.3 is 24.1 Å². The number of anilines is 3. The molecule has 4 bridgehead atoms. The van der Waals surface area contributed by atoms with Crippen molar-refractivity contribution in [3.8, 4) is 11.1 Å². The molecule has 0 spiro atoms. The Morgan fingerprint density at radius 3 is 2.23 bits per heavy atom. The van der Waals surface area contributed by atoms with Gasteiger partial charge in [-0.05, 0) is 178 Å². The maximum Gasteiger partial charge on any atom is 0.410 e. The zero-order valence-corrected chi connectivity index (χ0v) is 60.7. The SMILES string of the molecule is Cc1c(-c2ccc(N3CCc4cccc(C(=O)Nc5nc6ccccc6s5)c4C3)nc2C(=O)O)cnn1CC12CC3(C)CC(C)(C1)CC(OCCN(CCS(=O)(=O)O)C(=O)OCc1ccc(NC(=O)[C@H](CCCNC(N)=O)NC(=O)[C@@H](NC(=O)CCCCCNCCCC(=O)O)C(C)C)cc1)(C3)C2. The number of urea groups is 1. The first-order valence-electron chi connectivity index (χ1n) is 35.2. The van der Waals surface area contributed by atoms with E-state index in [-0.39, 0.29) is 98.2 Å². The van der Waals surface area contributed by atoms with Gasteiger partial charge in [0.1, 0.15) is 24.5 Å². The molecule has 28 nitrogen and oxygen atoms in total. The minimum Gasteiger partial charge on any atom is -0.481 e. The molecule has 11 N–H and O–H groups in total. The van der Waals surface area contributed by atoms with Gasteiger partial charge in [0.15, 0.2) is 10.8 Å². The molecule has 5 aliphatic rings. The zero-order valence-electron chi connectivity index (χ0n) is 59.0. The Hall–Kier alpha value is -9.10. The van der Waals surface area contributed by atoms with Crippen LogP contribution in [0.5, 0.6) is 0 Å². The summed E-state index contributed by atoms with van der Waals surface area (Å²) in [4.78, 5) is 116. The van der Waals surface area contributed by atoms with Crippen molar-refractivity contribution in [2.24, 2.45) is 27.9 Å². The Morgan fingerprint density at radius 2 is 1.52 bits per heavy atom. The number of unbranched alkanes of at least 4 members (excludes halogenated alkanes) is 2. The van der Waals surface area contributed by atoms with Crippen molar-refractivity contribution in [1.82, 2.24) is 45.9 Å². The molecule has 103 heavy (non-hydrogen) atoms. The van der Waals surface area contributed by atoms with Crippen LogP contribution in [-0.4, -0.2) is 165 Å². The average Bonchev–Trinajstić information content (AvgIpc) is 0.974. The number of hydrogen-bond donors (Lipinski definition) is 10. The van der Waals surface area contributed by atoms with E-state index in [1.165, 1.54) is 16.2 Å². The minimum atomic E-state index is -4.51. The van der Waals surface area contributed by atoms with Gasteiger partial charge in [0, 0.05) is 80.2 Å². The van der Waals surface area contributed by atoms with Gasteiger partial charge in [0.05, 0.1) is 34.4 Å². The van der Waals surface area contributed by atoms with E-state index in [0.29, 0.717) is 97.3 Å². The van der Waals surface area contributed by atoms with E-state index >= 15 is 0 Å². The summed E-state index contributed by atoms with van der Waals surface area (Å²) in [6.45, 7) is 12.2. The number of thiazole rings is 1. The first kappa shape index (κ1) is 76.5. The van der Waals surface area contributed by atoms with Gasteiger partial charge in [0.2, 0.25) is 17.7 Å². The molecule has 6 aromatic rings. The number of aromatic carboxylic acids is 1. The molecule has 4 saturated carbocycles. The summed E-state index contributed by atoms with van der Waals surface area (Å²) in [5.74, 6) is -4.44. The molecule has 30 heteroatoms. The molecule has 2 unspecified atom stereocenters. The number of nitrogens with two attached hydrogens (primary N) is 1. The summed E-state index contributed by atoms with van der Waals surface area (Å²) in [7, 11) is -4.51. The van der Waals surface area contributed by atoms with Crippen LogP contribution in [0.15, 0.2) is 85.1 Å². The third-order valence-electron chi connectivity index (χ3n) is 20.1. The normalized spacial score (nSPS) is 20.2. The number of pyridine rings is 1. The van der Waals surface area contributed by atoms with E-state index in [1.807, 2.05) is 59.0 Å². The van der Waals surface area contributed by atoms with Crippen molar-refractivity contribution in [2.45, 2.75) is 168 Å². The largest absolute Gasteiger partial charge is 0.481 e. The first-order chi connectivity index (χ1) is 49.0. The quantitative estimate of drug-likeness (QED) is 0.0129. The summed E-state index contributed by atoms with van der Waals surface area (Å²) in [5.41, 5.74) is 9.87. The van der Waals surface area contributed by atoms with Gasteiger partial charge in [-0.15, -0.1) is 0 Å². The van der Waals surface area contributed by atoms with Crippen molar-refractivity contribution in [2.75, 3.05) is 67.2 Å². The monoisotopic (exact) mass is 1460 g/mol. The van der Waals surface area contributed by atoms with Crippen molar-refractivity contribution >= 4 is 96.0 Å².